The Labute approximate surface area is 130 Å². The van der Waals surface area contributed by atoms with Gasteiger partial charge in [-0.05, 0) is 44.6 Å². The topological polar surface area (TPSA) is 52.7 Å². The van der Waals surface area contributed by atoms with Crippen LogP contribution in [0.5, 0.6) is 0 Å². The third kappa shape index (κ3) is 4.91. The van der Waals surface area contributed by atoms with Crippen molar-refractivity contribution in [3.05, 3.63) is 0 Å². The molecule has 1 saturated heterocycles. The zero-order valence-corrected chi connectivity index (χ0v) is 14.4. The van der Waals surface area contributed by atoms with Crippen LogP contribution in [0, 0.1) is 5.92 Å². The van der Waals surface area contributed by atoms with E-state index in [1.54, 1.807) is 8.61 Å². The first-order chi connectivity index (χ1) is 10.1. The zero-order valence-electron chi connectivity index (χ0n) is 13.6. The van der Waals surface area contributed by atoms with Gasteiger partial charge in [-0.2, -0.15) is 17.0 Å². The van der Waals surface area contributed by atoms with Crippen LogP contribution in [-0.4, -0.2) is 55.8 Å². The molecular formula is C15H31N3O2S. The number of rotatable bonds is 9. The predicted octanol–water partition coefficient (Wildman–Crippen LogP) is 1.82. The van der Waals surface area contributed by atoms with Crippen molar-refractivity contribution >= 4 is 10.2 Å². The molecule has 2 aliphatic rings. The lowest BCUT2D eigenvalue weighted by Gasteiger charge is -2.34. The van der Waals surface area contributed by atoms with Gasteiger partial charge < -0.3 is 5.32 Å². The molecule has 124 valence electrons. The highest BCUT2D eigenvalue weighted by Gasteiger charge is 2.32. The van der Waals surface area contributed by atoms with Crippen LogP contribution in [0.4, 0.5) is 0 Å². The molecule has 0 unspecified atom stereocenters. The average Bonchev–Trinajstić information content (AvgIpc) is 3.30. The Morgan fingerprint density at radius 3 is 2.33 bits per heavy atom. The Morgan fingerprint density at radius 2 is 1.81 bits per heavy atom. The van der Waals surface area contributed by atoms with Crippen LogP contribution >= 0.6 is 0 Å². The van der Waals surface area contributed by atoms with Crippen molar-refractivity contribution in [1.82, 2.24) is 13.9 Å². The molecule has 0 atom stereocenters. The first kappa shape index (κ1) is 17.2. The second kappa shape index (κ2) is 7.90. The van der Waals surface area contributed by atoms with Gasteiger partial charge in [0.2, 0.25) is 0 Å². The summed E-state index contributed by atoms with van der Waals surface area (Å²) in [6.07, 6.45) is 6.58. The Hall–Kier alpha value is -0.170. The normalized spacial score (nSPS) is 22.0. The van der Waals surface area contributed by atoms with E-state index in [1.165, 1.54) is 12.8 Å². The summed E-state index contributed by atoms with van der Waals surface area (Å²) < 4.78 is 28.6. The van der Waals surface area contributed by atoms with Gasteiger partial charge in [-0.25, -0.2) is 0 Å². The Kier molecular flexibility index (Phi) is 6.47. The summed E-state index contributed by atoms with van der Waals surface area (Å²) in [4.78, 5) is 0. The maximum atomic E-state index is 12.6. The smallest absolute Gasteiger partial charge is 0.281 e. The van der Waals surface area contributed by atoms with Crippen LogP contribution in [-0.2, 0) is 10.2 Å². The summed E-state index contributed by atoms with van der Waals surface area (Å²) in [5, 5.41) is 3.56. The van der Waals surface area contributed by atoms with Crippen molar-refractivity contribution < 1.29 is 8.42 Å². The molecule has 21 heavy (non-hydrogen) atoms. The van der Waals surface area contributed by atoms with E-state index in [0.717, 1.165) is 38.3 Å². The van der Waals surface area contributed by atoms with Crippen LogP contribution in [0.1, 0.15) is 52.4 Å². The Bertz CT molecular complexity index is 401. The van der Waals surface area contributed by atoms with Crippen LogP contribution in [0.15, 0.2) is 0 Å². The van der Waals surface area contributed by atoms with Gasteiger partial charge in [0, 0.05) is 32.2 Å². The molecule has 6 heteroatoms. The van der Waals surface area contributed by atoms with E-state index < -0.39 is 10.2 Å². The van der Waals surface area contributed by atoms with E-state index in [-0.39, 0.29) is 0 Å². The fourth-order valence-corrected chi connectivity index (χ4v) is 4.58. The molecule has 0 radical (unpaired) electrons. The minimum atomic E-state index is -3.24. The number of nitrogens with zero attached hydrogens (tertiary/aromatic N) is 2. The fourth-order valence-electron chi connectivity index (χ4n) is 2.90. The molecule has 0 bridgehead atoms. The largest absolute Gasteiger partial charge is 0.314 e. The fraction of sp³-hybridized carbons (Fsp3) is 1.00. The lowest BCUT2D eigenvalue weighted by atomic mass is 9.98. The van der Waals surface area contributed by atoms with Crippen molar-refractivity contribution in [2.45, 2.75) is 58.4 Å². The molecule has 0 aromatic heterocycles. The summed E-state index contributed by atoms with van der Waals surface area (Å²) in [7, 11) is -3.24. The predicted molar refractivity (Wildman–Crippen MR) is 86.4 cm³/mol. The highest BCUT2D eigenvalue weighted by Crippen LogP contribution is 2.23. The zero-order chi connectivity index (χ0) is 15.3. The van der Waals surface area contributed by atoms with Crippen molar-refractivity contribution in [2.75, 3.05) is 32.7 Å². The number of hydrogen-bond acceptors (Lipinski definition) is 3. The van der Waals surface area contributed by atoms with E-state index in [9.17, 15) is 8.42 Å². The number of nitrogens with one attached hydrogen (secondary N) is 1. The molecule has 0 amide bonds. The molecule has 1 saturated carbocycles. The summed E-state index contributed by atoms with van der Waals surface area (Å²) >= 11 is 0. The Morgan fingerprint density at radius 1 is 1.14 bits per heavy atom. The van der Waals surface area contributed by atoms with Crippen LogP contribution in [0.3, 0.4) is 0 Å². The summed E-state index contributed by atoms with van der Waals surface area (Å²) in [6, 6.07) is 0.747. The van der Waals surface area contributed by atoms with Crippen molar-refractivity contribution in [3.63, 3.8) is 0 Å². The summed E-state index contributed by atoms with van der Waals surface area (Å²) in [5.41, 5.74) is 0. The molecule has 0 aromatic carbocycles. The molecule has 1 aliphatic carbocycles. The number of hydrogen-bond donors (Lipinski definition) is 1. The first-order valence-corrected chi connectivity index (χ1v) is 9.96. The average molecular weight is 317 g/mol. The van der Waals surface area contributed by atoms with Gasteiger partial charge in [-0.1, -0.05) is 20.3 Å². The van der Waals surface area contributed by atoms with Crippen molar-refractivity contribution in [1.29, 1.82) is 0 Å². The molecule has 1 aliphatic heterocycles. The second-order valence-corrected chi connectivity index (χ2v) is 8.31. The van der Waals surface area contributed by atoms with Gasteiger partial charge in [0.05, 0.1) is 0 Å². The van der Waals surface area contributed by atoms with Gasteiger partial charge in [0.25, 0.3) is 10.2 Å². The van der Waals surface area contributed by atoms with E-state index in [4.69, 9.17) is 0 Å². The highest BCUT2D eigenvalue weighted by molar-refractivity contribution is 7.86. The second-order valence-electron chi connectivity index (χ2n) is 6.38. The van der Waals surface area contributed by atoms with Gasteiger partial charge in [0.15, 0.2) is 0 Å². The molecular weight excluding hydrogens is 286 g/mol. The summed E-state index contributed by atoms with van der Waals surface area (Å²) in [6.45, 7) is 7.68. The monoisotopic (exact) mass is 317 g/mol. The van der Waals surface area contributed by atoms with Crippen molar-refractivity contribution in [3.8, 4) is 0 Å². The first-order valence-electron chi connectivity index (χ1n) is 8.56. The van der Waals surface area contributed by atoms with E-state index in [1.807, 2.05) is 6.92 Å². The maximum absolute atomic E-state index is 12.6. The van der Waals surface area contributed by atoms with Crippen LogP contribution in [0.2, 0.25) is 0 Å². The highest BCUT2D eigenvalue weighted by atomic mass is 32.2. The SMILES string of the molecule is CCCCN(CC)S(=O)(=O)N1CCC(CNC2CC2)CC1. The van der Waals surface area contributed by atoms with Crippen molar-refractivity contribution in [2.24, 2.45) is 5.92 Å². The third-order valence-electron chi connectivity index (χ3n) is 4.61. The third-order valence-corrected chi connectivity index (χ3v) is 6.72. The Balaban J connectivity index is 1.80. The lowest BCUT2D eigenvalue weighted by molar-refractivity contribution is 0.249. The standard InChI is InChI=1S/C15H31N3O2S/c1-3-5-10-17(4-2)21(19,20)18-11-8-14(9-12-18)13-16-15-6-7-15/h14-16H,3-13H2,1-2H3. The molecule has 1 heterocycles. The molecule has 2 fully saturated rings. The maximum Gasteiger partial charge on any atom is 0.281 e. The summed E-state index contributed by atoms with van der Waals surface area (Å²) in [5.74, 6) is 0.641. The molecule has 5 nitrogen and oxygen atoms in total. The molecule has 1 N–H and O–H groups in total. The minimum absolute atomic E-state index is 0.575. The molecule has 0 aromatic rings. The van der Waals surface area contributed by atoms with Gasteiger partial charge in [0.1, 0.15) is 0 Å². The van der Waals surface area contributed by atoms with Crippen LogP contribution in [0.25, 0.3) is 0 Å². The quantitative estimate of drug-likeness (QED) is 0.706. The van der Waals surface area contributed by atoms with E-state index in [0.29, 0.717) is 32.1 Å². The lowest BCUT2D eigenvalue weighted by Crippen LogP contribution is -2.48. The molecule has 2 rings (SSSR count). The number of piperidine rings is 1. The number of unbranched alkanes of at least 4 members (excludes halogenated alkanes) is 1. The molecule has 0 spiro atoms. The van der Waals surface area contributed by atoms with Gasteiger partial charge in [-0.15, -0.1) is 0 Å². The van der Waals surface area contributed by atoms with E-state index >= 15 is 0 Å². The minimum Gasteiger partial charge on any atom is -0.314 e. The van der Waals surface area contributed by atoms with Gasteiger partial charge in [-0.3, -0.25) is 0 Å². The van der Waals surface area contributed by atoms with Gasteiger partial charge >= 0.3 is 0 Å². The van der Waals surface area contributed by atoms with Crippen LogP contribution < -0.4 is 5.32 Å². The van der Waals surface area contributed by atoms with E-state index in [2.05, 4.69) is 12.2 Å².